The molecule has 1 aliphatic heterocycles. The van der Waals surface area contributed by atoms with Gasteiger partial charge in [0.2, 0.25) is 0 Å². The van der Waals surface area contributed by atoms with Crippen LogP contribution in [0.25, 0.3) is 0 Å². The molecular formula is C15H22N2O3. The fourth-order valence-electron chi connectivity index (χ4n) is 2.24. The Hall–Kier alpha value is -1.59. The van der Waals surface area contributed by atoms with Gasteiger partial charge in [-0.05, 0) is 30.7 Å². The van der Waals surface area contributed by atoms with E-state index in [0.29, 0.717) is 25.3 Å². The van der Waals surface area contributed by atoms with Gasteiger partial charge < -0.3 is 20.1 Å². The van der Waals surface area contributed by atoms with Gasteiger partial charge in [-0.2, -0.15) is 0 Å². The van der Waals surface area contributed by atoms with Crippen molar-refractivity contribution in [3.63, 3.8) is 0 Å². The standard InChI is InChI=1S/C15H22N2O3/c1-19-9-2-10-20-14-5-3-12(4-6-14)15(18)17-8-7-13(16)11-17/h3-6,13H,2,7-11,16H2,1H3/t13-/m1/s1. The molecule has 0 unspecified atom stereocenters. The van der Waals surface area contributed by atoms with Gasteiger partial charge in [0.15, 0.2) is 0 Å². The Morgan fingerprint density at radius 1 is 1.35 bits per heavy atom. The Bertz CT molecular complexity index is 433. The van der Waals surface area contributed by atoms with Gasteiger partial charge in [-0.1, -0.05) is 0 Å². The van der Waals surface area contributed by atoms with Crippen LogP contribution in [0, 0.1) is 0 Å². The molecular weight excluding hydrogens is 256 g/mol. The van der Waals surface area contributed by atoms with E-state index >= 15 is 0 Å². The fraction of sp³-hybridized carbons (Fsp3) is 0.533. The number of nitrogens with two attached hydrogens (primary N) is 1. The number of carbonyl (C=O) groups is 1. The Kier molecular flexibility index (Phi) is 5.38. The Balaban J connectivity index is 1.86. The fourth-order valence-corrected chi connectivity index (χ4v) is 2.24. The number of hydrogen-bond donors (Lipinski definition) is 1. The van der Waals surface area contributed by atoms with Gasteiger partial charge >= 0.3 is 0 Å². The zero-order valence-electron chi connectivity index (χ0n) is 11.9. The van der Waals surface area contributed by atoms with E-state index < -0.39 is 0 Å². The van der Waals surface area contributed by atoms with E-state index in [2.05, 4.69) is 0 Å². The largest absolute Gasteiger partial charge is 0.494 e. The number of nitrogens with zero attached hydrogens (tertiary/aromatic N) is 1. The van der Waals surface area contributed by atoms with Crippen LogP contribution in [-0.4, -0.2) is 50.3 Å². The summed E-state index contributed by atoms with van der Waals surface area (Å²) in [5, 5.41) is 0. The molecule has 2 N–H and O–H groups in total. The summed E-state index contributed by atoms with van der Waals surface area (Å²) in [5.74, 6) is 0.819. The number of carbonyl (C=O) groups excluding carboxylic acids is 1. The average molecular weight is 278 g/mol. The summed E-state index contributed by atoms with van der Waals surface area (Å²) in [4.78, 5) is 14.0. The van der Waals surface area contributed by atoms with Crippen LogP contribution < -0.4 is 10.5 Å². The monoisotopic (exact) mass is 278 g/mol. The van der Waals surface area contributed by atoms with Crippen molar-refractivity contribution in [3.8, 4) is 5.75 Å². The second-order valence-electron chi connectivity index (χ2n) is 5.02. The van der Waals surface area contributed by atoms with Crippen molar-refractivity contribution in [1.29, 1.82) is 0 Å². The minimum atomic E-state index is 0.0453. The number of hydrogen-bond acceptors (Lipinski definition) is 4. The summed E-state index contributed by atoms with van der Waals surface area (Å²) in [6.07, 6.45) is 1.73. The number of benzene rings is 1. The molecule has 2 rings (SSSR count). The van der Waals surface area contributed by atoms with Gasteiger partial charge in [0.05, 0.1) is 6.61 Å². The van der Waals surface area contributed by atoms with Crippen LogP contribution in [0.15, 0.2) is 24.3 Å². The maximum Gasteiger partial charge on any atom is 0.253 e. The van der Waals surface area contributed by atoms with Crippen LogP contribution in [0.3, 0.4) is 0 Å². The second kappa shape index (κ2) is 7.26. The molecule has 1 atom stereocenters. The van der Waals surface area contributed by atoms with Gasteiger partial charge in [-0.25, -0.2) is 0 Å². The van der Waals surface area contributed by atoms with Crippen molar-refractivity contribution >= 4 is 5.91 Å². The quantitative estimate of drug-likeness (QED) is 0.796. The molecule has 1 fully saturated rings. The molecule has 0 saturated carbocycles. The number of ether oxygens (including phenoxy) is 2. The molecule has 1 aliphatic rings. The second-order valence-corrected chi connectivity index (χ2v) is 5.02. The Morgan fingerprint density at radius 3 is 2.70 bits per heavy atom. The molecule has 1 saturated heterocycles. The predicted molar refractivity (Wildman–Crippen MR) is 76.9 cm³/mol. The van der Waals surface area contributed by atoms with E-state index in [1.54, 1.807) is 24.1 Å². The highest BCUT2D eigenvalue weighted by atomic mass is 16.5. The van der Waals surface area contributed by atoms with E-state index in [4.69, 9.17) is 15.2 Å². The van der Waals surface area contributed by atoms with E-state index in [9.17, 15) is 4.79 Å². The van der Waals surface area contributed by atoms with Crippen molar-refractivity contribution in [1.82, 2.24) is 4.90 Å². The molecule has 0 spiro atoms. The number of rotatable bonds is 6. The third-order valence-electron chi connectivity index (χ3n) is 3.37. The summed E-state index contributed by atoms with van der Waals surface area (Å²) in [6.45, 7) is 2.69. The lowest BCUT2D eigenvalue weighted by molar-refractivity contribution is 0.0791. The van der Waals surface area contributed by atoms with Crippen LogP contribution in [0.4, 0.5) is 0 Å². The summed E-state index contributed by atoms with van der Waals surface area (Å²) in [6, 6.07) is 7.38. The van der Waals surface area contributed by atoms with Gasteiger partial charge in [0, 0.05) is 44.8 Å². The third kappa shape index (κ3) is 3.95. The zero-order valence-corrected chi connectivity index (χ0v) is 11.9. The van der Waals surface area contributed by atoms with Gasteiger partial charge in [-0.15, -0.1) is 0 Å². The first-order valence-corrected chi connectivity index (χ1v) is 6.97. The maximum absolute atomic E-state index is 12.2. The maximum atomic E-state index is 12.2. The lowest BCUT2D eigenvalue weighted by Gasteiger charge is -2.16. The molecule has 5 heteroatoms. The van der Waals surface area contributed by atoms with Gasteiger partial charge in [0.1, 0.15) is 5.75 Å². The number of likely N-dealkylation sites (tertiary alicyclic amines) is 1. The molecule has 0 bridgehead atoms. The van der Waals surface area contributed by atoms with Crippen LogP contribution in [0.2, 0.25) is 0 Å². The lowest BCUT2D eigenvalue weighted by atomic mass is 10.2. The van der Waals surface area contributed by atoms with E-state index in [0.717, 1.165) is 25.1 Å². The first-order chi connectivity index (χ1) is 9.70. The molecule has 110 valence electrons. The highest BCUT2D eigenvalue weighted by molar-refractivity contribution is 5.94. The molecule has 0 aromatic heterocycles. The van der Waals surface area contributed by atoms with E-state index in [-0.39, 0.29) is 11.9 Å². The predicted octanol–water partition coefficient (Wildman–Crippen LogP) is 1.28. The average Bonchev–Trinajstić information content (AvgIpc) is 2.90. The molecule has 0 radical (unpaired) electrons. The normalized spacial score (nSPS) is 18.3. The molecule has 0 aliphatic carbocycles. The minimum Gasteiger partial charge on any atom is -0.494 e. The molecule has 1 aromatic carbocycles. The van der Waals surface area contributed by atoms with E-state index in [1.165, 1.54) is 0 Å². The van der Waals surface area contributed by atoms with E-state index in [1.807, 2.05) is 12.1 Å². The molecule has 1 heterocycles. The van der Waals surface area contributed by atoms with Crippen molar-refractivity contribution in [2.45, 2.75) is 18.9 Å². The summed E-state index contributed by atoms with van der Waals surface area (Å²) < 4.78 is 10.5. The highest BCUT2D eigenvalue weighted by Crippen LogP contribution is 2.16. The summed E-state index contributed by atoms with van der Waals surface area (Å²) in [5.41, 5.74) is 6.50. The van der Waals surface area contributed by atoms with Crippen LogP contribution in [0.5, 0.6) is 5.75 Å². The molecule has 5 nitrogen and oxygen atoms in total. The SMILES string of the molecule is COCCCOc1ccc(C(=O)N2CC[C@@H](N)C2)cc1. The van der Waals surface area contributed by atoms with Gasteiger partial charge in [-0.3, -0.25) is 4.79 Å². The molecule has 1 aromatic rings. The number of methoxy groups -OCH3 is 1. The Morgan fingerprint density at radius 2 is 2.10 bits per heavy atom. The lowest BCUT2D eigenvalue weighted by Crippen LogP contribution is -2.31. The Labute approximate surface area is 119 Å². The van der Waals surface area contributed by atoms with Crippen molar-refractivity contribution in [2.24, 2.45) is 5.73 Å². The van der Waals surface area contributed by atoms with Crippen LogP contribution >= 0.6 is 0 Å². The first-order valence-electron chi connectivity index (χ1n) is 6.97. The summed E-state index contributed by atoms with van der Waals surface area (Å²) >= 11 is 0. The minimum absolute atomic E-state index is 0.0453. The van der Waals surface area contributed by atoms with Crippen LogP contribution in [0.1, 0.15) is 23.2 Å². The number of amides is 1. The van der Waals surface area contributed by atoms with Crippen LogP contribution in [-0.2, 0) is 4.74 Å². The molecule has 1 amide bonds. The summed E-state index contributed by atoms with van der Waals surface area (Å²) in [7, 11) is 1.67. The highest BCUT2D eigenvalue weighted by Gasteiger charge is 2.24. The first kappa shape index (κ1) is 14.8. The zero-order chi connectivity index (χ0) is 14.4. The third-order valence-corrected chi connectivity index (χ3v) is 3.37. The smallest absolute Gasteiger partial charge is 0.253 e. The molecule has 20 heavy (non-hydrogen) atoms. The van der Waals surface area contributed by atoms with Gasteiger partial charge in [0.25, 0.3) is 5.91 Å². The van der Waals surface area contributed by atoms with Crippen molar-refractivity contribution < 1.29 is 14.3 Å². The van der Waals surface area contributed by atoms with Crippen molar-refractivity contribution in [3.05, 3.63) is 29.8 Å². The topological polar surface area (TPSA) is 64.8 Å². The van der Waals surface area contributed by atoms with Crippen molar-refractivity contribution in [2.75, 3.05) is 33.4 Å².